The van der Waals surface area contributed by atoms with Crippen molar-refractivity contribution >= 4 is 5.82 Å². The largest absolute Gasteiger partial charge is 0.376 e. The fraction of sp³-hybridized carbons (Fsp3) is 0.571. The van der Waals surface area contributed by atoms with Crippen LogP contribution < -0.4 is 5.32 Å². The lowest BCUT2D eigenvalue weighted by Crippen LogP contribution is -2.16. The predicted molar refractivity (Wildman–Crippen MR) is 70.4 cm³/mol. The molecule has 1 aliphatic rings. The molecule has 4 nitrogen and oxygen atoms in total. The lowest BCUT2D eigenvalue weighted by atomic mass is 10.2. The molecule has 96 valence electrons. The summed E-state index contributed by atoms with van der Waals surface area (Å²) in [4.78, 5) is 4.33. The van der Waals surface area contributed by atoms with Gasteiger partial charge in [0, 0.05) is 12.2 Å². The molecule has 1 saturated carbocycles. The highest BCUT2D eigenvalue weighted by atomic mass is 16.5. The Hall–Kier alpha value is -1.60. The first-order chi connectivity index (χ1) is 8.78. The number of aromatic nitrogens is 1. The summed E-state index contributed by atoms with van der Waals surface area (Å²) in [7, 11) is 0. The van der Waals surface area contributed by atoms with Crippen molar-refractivity contribution in [2.45, 2.75) is 38.7 Å². The minimum absolute atomic E-state index is 0.451. The van der Waals surface area contributed by atoms with Gasteiger partial charge in [0.15, 0.2) is 0 Å². The molecule has 0 amide bonds. The molecule has 18 heavy (non-hydrogen) atoms. The minimum Gasteiger partial charge on any atom is -0.376 e. The Labute approximate surface area is 108 Å². The molecular weight excluding hydrogens is 226 g/mol. The molecule has 1 aliphatic carbocycles. The maximum absolute atomic E-state index is 8.87. The van der Waals surface area contributed by atoms with Crippen molar-refractivity contribution in [2.24, 2.45) is 0 Å². The van der Waals surface area contributed by atoms with Gasteiger partial charge in [-0.2, -0.15) is 5.26 Å². The summed E-state index contributed by atoms with van der Waals surface area (Å²) in [5.41, 5.74) is 1.50. The van der Waals surface area contributed by atoms with Crippen molar-refractivity contribution in [3.8, 4) is 6.07 Å². The number of ether oxygens (including phenoxy) is 1. The Morgan fingerprint density at radius 3 is 2.94 bits per heavy atom. The first-order valence-electron chi connectivity index (χ1n) is 6.52. The van der Waals surface area contributed by atoms with Crippen LogP contribution in [-0.4, -0.2) is 24.2 Å². The maximum Gasteiger partial charge on any atom is 0.127 e. The molecular formula is C14H19N3O. The van der Waals surface area contributed by atoms with E-state index >= 15 is 0 Å². The van der Waals surface area contributed by atoms with Crippen LogP contribution in [0.5, 0.6) is 0 Å². The van der Waals surface area contributed by atoms with Crippen LogP contribution in [0.15, 0.2) is 12.1 Å². The summed E-state index contributed by atoms with van der Waals surface area (Å²) < 4.78 is 5.76. The van der Waals surface area contributed by atoms with Gasteiger partial charge in [-0.3, -0.25) is 0 Å². The molecule has 4 heteroatoms. The monoisotopic (exact) mass is 245 g/mol. The number of nitriles is 1. The molecule has 2 rings (SSSR count). The second-order valence-electron chi connectivity index (χ2n) is 4.70. The number of nitrogens with zero attached hydrogens (tertiary/aromatic N) is 2. The van der Waals surface area contributed by atoms with Crippen LogP contribution >= 0.6 is 0 Å². The number of rotatable bonds is 5. The van der Waals surface area contributed by atoms with E-state index in [1.165, 1.54) is 25.7 Å². The number of nitrogens with one attached hydrogen (secondary N) is 1. The molecule has 1 aromatic heterocycles. The Kier molecular flexibility index (Phi) is 4.54. The Morgan fingerprint density at radius 1 is 1.44 bits per heavy atom. The van der Waals surface area contributed by atoms with Crippen LogP contribution in [0.4, 0.5) is 5.82 Å². The van der Waals surface area contributed by atoms with Crippen LogP contribution in [0.25, 0.3) is 0 Å². The van der Waals surface area contributed by atoms with Crippen LogP contribution in [0, 0.1) is 18.3 Å². The van der Waals surface area contributed by atoms with Crippen LogP contribution in [0.1, 0.15) is 36.9 Å². The third-order valence-corrected chi connectivity index (χ3v) is 3.15. The summed E-state index contributed by atoms with van der Waals surface area (Å²) in [5, 5.41) is 12.1. The van der Waals surface area contributed by atoms with E-state index in [0.717, 1.165) is 18.1 Å². The smallest absolute Gasteiger partial charge is 0.127 e. The van der Waals surface area contributed by atoms with Crippen molar-refractivity contribution in [2.75, 3.05) is 18.5 Å². The van der Waals surface area contributed by atoms with Gasteiger partial charge in [0.1, 0.15) is 5.82 Å². The molecule has 1 fully saturated rings. The van der Waals surface area contributed by atoms with Crippen molar-refractivity contribution < 1.29 is 4.74 Å². The summed E-state index contributed by atoms with van der Waals surface area (Å²) in [6.45, 7) is 3.32. The lowest BCUT2D eigenvalue weighted by molar-refractivity contribution is 0.0658. The summed E-state index contributed by atoms with van der Waals surface area (Å²) in [5.74, 6) is 0.751. The van der Waals surface area contributed by atoms with Crippen molar-refractivity contribution in [3.63, 3.8) is 0 Å². The molecule has 1 aromatic rings. The average Bonchev–Trinajstić information content (AvgIpc) is 2.87. The van der Waals surface area contributed by atoms with Gasteiger partial charge in [-0.25, -0.2) is 4.98 Å². The molecule has 0 saturated heterocycles. The zero-order valence-electron chi connectivity index (χ0n) is 10.8. The van der Waals surface area contributed by atoms with Crippen molar-refractivity contribution in [3.05, 3.63) is 23.4 Å². The normalized spacial score (nSPS) is 15.6. The zero-order chi connectivity index (χ0) is 12.8. The highest BCUT2D eigenvalue weighted by Crippen LogP contribution is 2.20. The number of pyridine rings is 1. The molecule has 0 radical (unpaired) electrons. The van der Waals surface area contributed by atoms with Crippen LogP contribution in [-0.2, 0) is 4.74 Å². The second kappa shape index (κ2) is 6.36. The Balaban J connectivity index is 1.75. The van der Waals surface area contributed by atoms with Gasteiger partial charge in [0.05, 0.1) is 24.3 Å². The van der Waals surface area contributed by atoms with Crippen molar-refractivity contribution in [1.82, 2.24) is 4.98 Å². The fourth-order valence-electron chi connectivity index (χ4n) is 2.28. The van der Waals surface area contributed by atoms with E-state index in [9.17, 15) is 0 Å². The van der Waals surface area contributed by atoms with E-state index in [4.69, 9.17) is 10.00 Å². The van der Waals surface area contributed by atoms with Gasteiger partial charge in [0.25, 0.3) is 0 Å². The first-order valence-corrected chi connectivity index (χ1v) is 6.52. The Bertz CT molecular complexity index is 433. The molecule has 0 aliphatic heterocycles. The summed E-state index contributed by atoms with van der Waals surface area (Å²) >= 11 is 0. The third kappa shape index (κ3) is 3.71. The minimum atomic E-state index is 0.451. The fourth-order valence-corrected chi connectivity index (χ4v) is 2.28. The van der Waals surface area contributed by atoms with Crippen LogP contribution in [0.3, 0.4) is 0 Å². The SMILES string of the molecule is Cc1cc(C#N)cc(NCCOC2CCCC2)n1. The Morgan fingerprint density at radius 2 is 2.22 bits per heavy atom. The predicted octanol–water partition coefficient (Wildman–Crippen LogP) is 2.63. The summed E-state index contributed by atoms with van der Waals surface area (Å²) in [6, 6.07) is 5.68. The van der Waals surface area contributed by atoms with Gasteiger partial charge < -0.3 is 10.1 Å². The van der Waals surface area contributed by atoms with Crippen LogP contribution in [0.2, 0.25) is 0 Å². The molecule has 0 aromatic carbocycles. The highest BCUT2D eigenvalue weighted by molar-refractivity contribution is 5.44. The second-order valence-corrected chi connectivity index (χ2v) is 4.70. The number of hydrogen-bond donors (Lipinski definition) is 1. The number of hydrogen-bond acceptors (Lipinski definition) is 4. The van der Waals surface area contributed by atoms with Gasteiger partial charge >= 0.3 is 0 Å². The van der Waals surface area contributed by atoms with Gasteiger partial charge in [0.2, 0.25) is 0 Å². The van der Waals surface area contributed by atoms with E-state index in [1.54, 1.807) is 12.1 Å². The topological polar surface area (TPSA) is 57.9 Å². The van der Waals surface area contributed by atoms with Crippen molar-refractivity contribution in [1.29, 1.82) is 5.26 Å². The van der Waals surface area contributed by atoms with E-state index in [2.05, 4.69) is 16.4 Å². The van der Waals surface area contributed by atoms with Gasteiger partial charge in [-0.1, -0.05) is 12.8 Å². The molecule has 0 bridgehead atoms. The van der Waals surface area contributed by atoms with Gasteiger partial charge in [-0.15, -0.1) is 0 Å². The molecule has 0 atom stereocenters. The zero-order valence-corrected chi connectivity index (χ0v) is 10.8. The number of aryl methyl sites for hydroxylation is 1. The first kappa shape index (κ1) is 12.8. The van der Waals surface area contributed by atoms with E-state index in [-0.39, 0.29) is 0 Å². The molecule has 1 N–H and O–H groups in total. The molecule has 0 unspecified atom stereocenters. The maximum atomic E-state index is 8.87. The van der Waals surface area contributed by atoms with E-state index < -0.39 is 0 Å². The van der Waals surface area contributed by atoms with E-state index in [0.29, 0.717) is 18.3 Å². The average molecular weight is 245 g/mol. The molecule has 0 spiro atoms. The quantitative estimate of drug-likeness (QED) is 0.810. The molecule has 1 heterocycles. The lowest BCUT2D eigenvalue weighted by Gasteiger charge is -2.12. The standard InChI is InChI=1S/C14H19N3O/c1-11-8-12(10-15)9-14(17-11)16-6-7-18-13-4-2-3-5-13/h8-9,13H,2-7H2,1H3,(H,16,17). The van der Waals surface area contributed by atoms with Gasteiger partial charge in [-0.05, 0) is 31.9 Å². The third-order valence-electron chi connectivity index (χ3n) is 3.15. The highest BCUT2D eigenvalue weighted by Gasteiger charge is 2.14. The number of anilines is 1. The summed E-state index contributed by atoms with van der Waals surface area (Å²) in [6.07, 6.45) is 5.43. The van der Waals surface area contributed by atoms with E-state index in [1.807, 2.05) is 6.92 Å².